The smallest absolute Gasteiger partial charge is 0.220 e. The predicted octanol–water partition coefficient (Wildman–Crippen LogP) is 0.403. The van der Waals surface area contributed by atoms with Crippen LogP contribution in [0.1, 0.15) is 12.8 Å². The zero-order valence-corrected chi connectivity index (χ0v) is 9.29. The summed E-state index contributed by atoms with van der Waals surface area (Å²) in [7, 11) is 0. The lowest BCUT2D eigenvalue weighted by Crippen LogP contribution is -2.42. The van der Waals surface area contributed by atoms with Gasteiger partial charge in [0, 0.05) is 19.0 Å². The van der Waals surface area contributed by atoms with E-state index in [9.17, 15) is 4.79 Å². The predicted molar refractivity (Wildman–Crippen MR) is 61.1 cm³/mol. The number of hydrogen-bond acceptors (Lipinski definition) is 5. The Morgan fingerprint density at radius 3 is 3.06 bits per heavy atom. The van der Waals surface area contributed by atoms with Crippen LogP contribution in [0.15, 0.2) is 6.33 Å². The third-order valence-corrected chi connectivity index (χ3v) is 2.80. The first-order valence-electron chi connectivity index (χ1n) is 4.96. The van der Waals surface area contributed by atoms with Crippen molar-refractivity contribution in [3.63, 3.8) is 0 Å². The molecule has 1 aliphatic rings. The maximum absolute atomic E-state index is 11.0. The standard InChI is InChI=1S/C9H12ClN5O/c10-7-8(11)13-4-14-9(7)15-5-1-2-6(16)12-3-5/h4-5H,1-3H2,(H,12,16)(H3,11,13,14,15). The van der Waals surface area contributed by atoms with Crippen LogP contribution in [0.5, 0.6) is 0 Å². The normalized spacial score (nSPS) is 20.3. The summed E-state index contributed by atoms with van der Waals surface area (Å²) in [5, 5.41) is 6.22. The number of piperidine rings is 1. The van der Waals surface area contributed by atoms with E-state index in [0.717, 1.165) is 6.42 Å². The number of nitrogens with two attached hydrogens (primary N) is 1. The molecule has 1 aromatic rings. The first kappa shape index (κ1) is 10.9. The van der Waals surface area contributed by atoms with Gasteiger partial charge < -0.3 is 16.4 Å². The minimum atomic E-state index is 0.0753. The van der Waals surface area contributed by atoms with Crippen molar-refractivity contribution in [1.29, 1.82) is 0 Å². The Balaban J connectivity index is 2.04. The molecule has 1 fully saturated rings. The van der Waals surface area contributed by atoms with Crippen LogP contribution in [0.4, 0.5) is 11.6 Å². The van der Waals surface area contributed by atoms with Gasteiger partial charge in [0.15, 0.2) is 5.82 Å². The number of carbonyl (C=O) groups is 1. The van der Waals surface area contributed by atoms with Crippen LogP contribution in [-0.4, -0.2) is 28.5 Å². The van der Waals surface area contributed by atoms with E-state index in [1.807, 2.05) is 0 Å². The molecular weight excluding hydrogens is 230 g/mol. The number of nitrogens with zero attached hydrogens (tertiary/aromatic N) is 2. The topological polar surface area (TPSA) is 92.9 Å². The fourth-order valence-electron chi connectivity index (χ4n) is 1.53. The highest BCUT2D eigenvalue weighted by Crippen LogP contribution is 2.24. The molecule has 0 aliphatic carbocycles. The van der Waals surface area contributed by atoms with Crippen LogP contribution in [0.25, 0.3) is 0 Å². The maximum atomic E-state index is 11.0. The number of amides is 1. The molecule has 1 aromatic heterocycles. The molecule has 1 amide bonds. The summed E-state index contributed by atoms with van der Waals surface area (Å²) >= 11 is 5.94. The van der Waals surface area contributed by atoms with Crippen molar-refractivity contribution < 1.29 is 4.79 Å². The Kier molecular flexibility index (Phi) is 3.09. The Hall–Kier alpha value is -1.56. The molecule has 1 aliphatic heterocycles. The molecule has 1 atom stereocenters. The lowest BCUT2D eigenvalue weighted by molar-refractivity contribution is -0.122. The van der Waals surface area contributed by atoms with Crippen LogP contribution < -0.4 is 16.4 Å². The number of hydrogen-bond donors (Lipinski definition) is 3. The quantitative estimate of drug-likeness (QED) is 0.697. The van der Waals surface area contributed by atoms with Crippen molar-refractivity contribution in [2.24, 2.45) is 0 Å². The Labute approximate surface area is 97.6 Å². The van der Waals surface area contributed by atoms with Gasteiger partial charge in [0.05, 0.1) is 0 Å². The molecule has 2 rings (SSSR count). The molecule has 0 bridgehead atoms. The van der Waals surface area contributed by atoms with Crippen molar-refractivity contribution in [2.75, 3.05) is 17.6 Å². The highest BCUT2D eigenvalue weighted by atomic mass is 35.5. The fourth-order valence-corrected chi connectivity index (χ4v) is 1.69. The van der Waals surface area contributed by atoms with Gasteiger partial charge in [-0.1, -0.05) is 11.6 Å². The monoisotopic (exact) mass is 241 g/mol. The van der Waals surface area contributed by atoms with Gasteiger partial charge in [-0.25, -0.2) is 9.97 Å². The molecule has 0 spiro atoms. The summed E-state index contributed by atoms with van der Waals surface area (Å²) in [6, 6.07) is 0.129. The highest BCUT2D eigenvalue weighted by Gasteiger charge is 2.19. The van der Waals surface area contributed by atoms with Gasteiger partial charge in [0.1, 0.15) is 17.2 Å². The van der Waals surface area contributed by atoms with Crippen molar-refractivity contribution in [2.45, 2.75) is 18.9 Å². The van der Waals surface area contributed by atoms with Crippen molar-refractivity contribution in [3.05, 3.63) is 11.3 Å². The van der Waals surface area contributed by atoms with E-state index < -0.39 is 0 Å². The van der Waals surface area contributed by atoms with E-state index in [4.69, 9.17) is 17.3 Å². The molecule has 4 N–H and O–H groups in total. The third-order valence-electron chi connectivity index (χ3n) is 2.42. The van der Waals surface area contributed by atoms with Crippen molar-refractivity contribution >= 4 is 29.1 Å². The van der Waals surface area contributed by atoms with Crippen LogP contribution >= 0.6 is 11.6 Å². The minimum Gasteiger partial charge on any atom is -0.382 e. The highest BCUT2D eigenvalue weighted by molar-refractivity contribution is 6.35. The molecule has 86 valence electrons. The van der Waals surface area contributed by atoms with E-state index >= 15 is 0 Å². The van der Waals surface area contributed by atoms with Crippen LogP contribution in [0, 0.1) is 0 Å². The van der Waals surface area contributed by atoms with E-state index in [1.165, 1.54) is 6.33 Å². The molecule has 7 heteroatoms. The lowest BCUT2D eigenvalue weighted by Gasteiger charge is -2.24. The zero-order chi connectivity index (χ0) is 11.5. The number of nitrogens with one attached hydrogen (secondary N) is 2. The van der Waals surface area contributed by atoms with Crippen molar-refractivity contribution in [3.8, 4) is 0 Å². The van der Waals surface area contributed by atoms with Gasteiger partial charge in [-0.2, -0.15) is 0 Å². The summed E-state index contributed by atoms with van der Waals surface area (Å²) in [4.78, 5) is 18.7. The van der Waals surface area contributed by atoms with Crippen LogP contribution in [0.2, 0.25) is 5.02 Å². The number of anilines is 2. The van der Waals surface area contributed by atoms with Gasteiger partial charge >= 0.3 is 0 Å². The summed E-state index contributed by atoms with van der Waals surface area (Å²) < 4.78 is 0. The Morgan fingerprint density at radius 1 is 1.56 bits per heavy atom. The average molecular weight is 242 g/mol. The van der Waals surface area contributed by atoms with Gasteiger partial charge in [0.2, 0.25) is 5.91 Å². The zero-order valence-electron chi connectivity index (χ0n) is 8.53. The first-order valence-corrected chi connectivity index (χ1v) is 5.34. The molecule has 1 unspecified atom stereocenters. The second-order valence-corrected chi connectivity index (χ2v) is 3.98. The van der Waals surface area contributed by atoms with Crippen LogP contribution in [-0.2, 0) is 4.79 Å². The number of halogens is 1. The lowest BCUT2D eigenvalue weighted by atomic mass is 10.1. The average Bonchev–Trinajstić information content (AvgIpc) is 2.28. The van der Waals surface area contributed by atoms with E-state index in [2.05, 4.69) is 20.6 Å². The molecule has 1 saturated heterocycles. The van der Waals surface area contributed by atoms with Gasteiger partial charge in [-0.3, -0.25) is 4.79 Å². The SMILES string of the molecule is Nc1ncnc(NC2CCC(=O)NC2)c1Cl. The van der Waals surface area contributed by atoms with E-state index in [0.29, 0.717) is 23.8 Å². The third kappa shape index (κ3) is 2.33. The number of nitrogen functional groups attached to an aromatic ring is 1. The second kappa shape index (κ2) is 4.52. The fraction of sp³-hybridized carbons (Fsp3) is 0.444. The van der Waals surface area contributed by atoms with E-state index in [-0.39, 0.29) is 17.8 Å². The summed E-state index contributed by atoms with van der Waals surface area (Å²) in [6.45, 7) is 0.569. The molecule has 16 heavy (non-hydrogen) atoms. The molecule has 0 aromatic carbocycles. The number of aromatic nitrogens is 2. The summed E-state index contributed by atoms with van der Waals surface area (Å²) in [5.41, 5.74) is 5.56. The number of rotatable bonds is 2. The van der Waals surface area contributed by atoms with Gasteiger partial charge in [-0.15, -0.1) is 0 Å². The summed E-state index contributed by atoms with van der Waals surface area (Å²) in [5.74, 6) is 0.834. The van der Waals surface area contributed by atoms with Gasteiger partial charge in [0.25, 0.3) is 0 Å². The molecular formula is C9H12ClN5O. The van der Waals surface area contributed by atoms with E-state index in [1.54, 1.807) is 0 Å². The summed E-state index contributed by atoms with van der Waals surface area (Å²) in [6.07, 6.45) is 2.62. The molecule has 6 nitrogen and oxygen atoms in total. The molecule has 0 saturated carbocycles. The number of carbonyl (C=O) groups excluding carboxylic acids is 1. The Bertz CT molecular complexity index is 401. The minimum absolute atomic E-state index is 0.0753. The Morgan fingerprint density at radius 2 is 2.38 bits per heavy atom. The first-order chi connectivity index (χ1) is 7.66. The second-order valence-electron chi connectivity index (χ2n) is 3.61. The van der Waals surface area contributed by atoms with Crippen LogP contribution in [0.3, 0.4) is 0 Å². The molecule has 2 heterocycles. The van der Waals surface area contributed by atoms with Gasteiger partial charge in [-0.05, 0) is 6.42 Å². The largest absolute Gasteiger partial charge is 0.382 e. The maximum Gasteiger partial charge on any atom is 0.220 e. The molecule has 0 radical (unpaired) electrons. The van der Waals surface area contributed by atoms with Crippen molar-refractivity contribution in [1.82, 2.24) is 15.3 Å².